The first-order chi connectivity index (χ1) is 9.65. The summed E-state index contributed by atoms with van der Waals surface area (Å²) in [4.78, 5) is 16.0. The number of thiazole rings is 1. The monoisotopic (exact) mass is 406 g/mol. The second-order valence-electron chi connectivity index (χ2n) is 4.06. The Morgan fingerprint density at radius 3 is 3.00 bits per heavy atom. The molecule has 0 saturated heterocycles. The molecule has 2 aromatic rings. The highest BCUT2D eigenvalue weighted by Crippen LogP contribution is 2.35. The van der Waals surface area contributed by atoms with Gasteiger partial charge in [0.2, 0.25) is 0 Å². The van der Waals surface area contributed by atoms with Gasteiger partial charge in [-0.3, -0.25) is 5.32 Å². The van der Waals surface area contributed by atoms with Gasteiger partial charge in [0.15, 0.2) is 5.13 Å². The molecule has 1 amide bonds. The van der Waals surface area contributed by atoms with Gasteiger partial charge in [0.05, 0.1) is 18.4 Å². The van der Waals surface area contributed by atoms with Gasteiger partial charge in [-0.15, -0.1) is 0 Å². The maximum absolute atomic E-state index is 11.6. The fourth-order valence-electron chi connectivity index (χ4n) is 1.60. The summed E-state index contributed by atoms with van der Waals surface area (Å²) in [7, 11) is 1.60. The number of fused-ring (bicyclic) bond motifs is 1. The SMILES string of the molecule is CCCCOC(=O)Nc1nc2c(OC)ccc(I)c2s1. The maximum atomic E-state index is 11.6. The van der Waals surface area contributed by atoms with Gasteiger partial charge < -0.3 is 9.47 Å². The van der Waals surface area contributed by atoms with Crippen LogP contribution in [0.3, 0.4) is 0 Å². The topological polar surface area (TPSA) is 60.5 Å². The molecule has 5 nitrogen and oxygen atoms in total. The van der Waals surface area contributed by atoms with E-state index < -0.39 is 6.09 Å². The summed E-state index contributed by atoms with van der Waals surface area (Å²) in [6.45, 7) is 2.47. The van der Waals surface area contributed by atoms with Crippen molar-refractivity contribution in [3.8, 4) is 5.75 Å². The Hall–Kier alpha value is -1.09. The molecule has 108 valence electrons. The lowest BCUT2D eigenvalue weighted by atomic mass is 10.3. The van der Waals surface area contributed by atoms with E-state index in [0.29, 0.717) is 17.5 Å². The van der Waals surface area contributed by atoms with Gasteiger partial charge in [-0.1, -0.05) is 24.7 Å². The average Bonchev–Trinajstić information content (AvgIpc) is 2.84. The predicted molar refractivity (Wildman–Crippen MR) is 88.8 cm³/mol. The predicted octanol–water partition coefficient (Wildman–Crippen LogP) is 4.26. The number of aromatic nitrogens is 1. The molecule has 1 N–H and O–H groups in total. The highest BCUT2D eigenvalue weighted by Gasteiger charge is 2.13. The molecule has 0 radical (unpaired) electrons. The minimum absolute atomic E-state index is 0.425. The lowest BCUT2D eigenvalue weighted by Gasteiger charge is -2.02. The minimum Gasteiger partial charge on any atom is -0.494 e. The Labute approximate surface area is 134 Å². The summed E-state index contributed by atoms with van der Waals surface area (Å²) in [6, 6.07) is 3.83. The molecule has 0 atom stereocenters. The molecule has 0 aliphatic heterocycles. The molecule has 0 bridgehead atoms. The van der Waals surface area contributed by atoms with Crippen LogP contribution >= 0.6 is 33.9 Å². The van der Waals surface area contributed by atoms with Crippen LogP contribution < -0.4 is 10.1 Å². The second kappa shape index (κ2) is 7.07. The zero-order chi connectivity index (χ0) is 14.5. The fraction of sp³-hybridized carbons (Fsp3) is 0.385. The van der Waals surface area contributed by atoms with E-state index in [-0.39, 0.29) is 0 Å². The number of anilines is 1. The van der Waals surface area contributed by atoms with Crippen LogP contribution in [0.2, 0.25) is 0 Å². The van der Waals surface area contributed by atoms with Crippen molar-refractivity contribution in [2.24, 2.45) is 0 Å². The molecule has 0 fully saturated rings. The van der Waals surface area contributed by atoms with Crippen LogP contribution in [0, 0.1) is 3.57 Å². The third kappa shape index (κ3) is 3.51. The van der Waals surface area contributed by atoms with E-state index in [1.165, 1.54) is 11.3 Å². The molecule has 1 aromatic carbocycles. The Bertz CT molecular complexity index is 615. The first-order valence-electron chi connectivity index (χ1n) is 6.22. The van der Waals surface area contributed by atoms with Gasteiger partial charge in [0.25, 0.3) is 0 Å². The van der Waals surface area contributed by atoms with Gasteiger partial charge >= 0.3 is 6.09 Å². The van der Waals surface area contributed by atoms with Crippen molar-refractivity contribution < 1.29 is 14.3 Å². The van der Waals surface area contributed by atoms with Crippen molar-refractivity contribution >= 4 is 55.4 Å². The second-order valence-corrected chi connectivity index (χ2v) is 6.22. The molecule has 1 heterocycles. The number of hydrogen-bond acceptors (Lipinski definition) is 5. The summed E-state index contributed by atoms with van der Waals surface area (Å²) < 4.78 is 12.4. The molecule has 20 heavy (non-hydrogen) atoms. The maximum Gasteiger partial charge on any atom is 0.413 e. The van der Waals surface area contributed by atoms with E-state index in [1.54, 1.807) is 7.11 Å². The van der Waals surface area contributed by atoms with Crippen molar-refractivity contribution in [3.63, 3.8) is 0 Å². The van der Waals surface area contributed by atoms with Crippen molar-refractivity contribution in [2.75, 3.05) is 19.0 Å². The standard InChI is InChI=1S/C13H15IN2O3S/c1-3-4-7-19-13(17)16-12-15-10-9(18-2)6-5-8(14)11(10)20-12/h5-6H,3-4,7H2,1-2H3,(H,15,16,17). The van der Waals surface area contributed by atoms with Crippen molar-refractivity contribution in [2.45, 2.75) is 19.8 Å². The number of halogens is 1. The zero-order valence-corrected chi connectivity index (χ0v) is 14.2. The van der Waals surface area contributed by atoms with E-state index in [2.05, 4.69) is 32.9 Å². The van der Waals surface area contributed by atoms with E-state index in [1.807, 2.05) is 19.1 Å². The summed E-state index contributed by atoms with van der Waals surface area (Å²) in [5.41, 5.74) is 0.758. The number of methoxy groups -OCH3 is 1. The molecule has 0 aliphatic carbocycles. The number of ether oxygens (including phenoxy) is 2. The summed E-state index contributed by atoms with van der Waals surface area (Å²) in [5.74, 6) is 0.698. The number of carbonyl (C=O) groups excluding carboxylic acids is 1. The largest absolute Gasteiger partial charge is 0.494 e. The number of benzene rings is 1. The normalized spacial score (nSPS) is 10.6. The number of carbonyl (C=O) groups is 1. The zero-order valence-electron chi connectivity index (χ0n) is 11.2. The number of hydrogen-bond donors (Lipinski definition) is 1. The molecular weight excluding hydrogens is 391 g/mol. The van der Waals surface area contributed by atoms with Crippen LogP contribution in [-0.2, 0) is 4.74 Å². The molecule has 7 heteroatoms. The summed E-state index contributed by atoms with van der Waals surface area (Å²) in [5, 5.41) is 3.17. The van der Waals surface area contributed by atoms with Gasteiger partial charge in [0.1, 0.15) is 11.3 Å². The lowest BCUT2D eigenvalue weighted by molar-refractivity contribution is 0.160. The Balaban J connectivity index is 2.15. The molecule has 0 unspecified atom stereocenters. The van der Waals surface area contributed by atoms with Gasteiger partial charge in [0, 0.05) is 3.57 Å². The van der Waals surface area contributed by atoms with E-state index in [9.17, 15) is 4.79 Å². The van der Waals surface area contributed by atoms with Gasteiger partial charge in [-0.25, -0.2) is 9.78 Å². The number of amides is 1. The number of nitrogens with zero attached hydrogens (tertiary/aromatic N) is 1. The van der Waals surface area contributed by atoms with Crippen LogP contribution in [0.5, 0.6) is 5.75 Å². The van der Waals surface area contributed by atoms with E-state index >= 15 is 0 Å². The highest BCUT2D eigenvalue weighted by atomic mass is 127. The minimum atomic E-state index is -0.466. The van der Waals surface area contributed by atoms with E-state index in [0.717, 1.165) is 26.6 Å². The lowest BCUT2D eigenvalue weighted by Crippen LogP contribution is -2.14. The smallest absolute Gasteiger partial charge is 0.413 e. The number of rotatable bonds is 5. The fourth-order valence-corrected chi connectivity index (χ4v) is 3.24. The van der Waals surface area contributed by atoms with Crippen LogP contribution in [0.1, 0.15) is 19.8 Å². The van der Waals surface area contributed by atoms with Crippen LogP contribution in [0.25, 0.3) is 10.2 Å². The van der Waals surface area contributed by atoms with Crippen LogP contribution in [-0.4, -0.2) is 24.8 Å². The van der Waals surface area contributed by atoms with Crippen molar-refractivity contribution in [1.82, 2.24) is 4.98 Å². The van der Waals surface area contributed by atoms with Crippen molar-refractivity contribution in [1.29, 1.82) is 0 Å². The van der Waals surface area contributed by atoms with Crippen LogP contribution in [0.4, 0.5) is 9.93 Å². The molecule has 0 spiro atoms. The summed E-state index contributed by atoms with van der Waals surface area (Å²) in [6.07, 6.45) is 1.38. The van der Waals surface area contributed by atoms with Gasteiger partial charge in [-0.05, 0) is 41.1 Å². The Morgan fingerprint density at radius 2 is 2.30 bits per heavy atom. The number of nitrogens with one attached hydrogen (secondary N) is 1. The van der Waals surface area contributed by atoms with E-state index in [4.69, 9.17) is 9.47 Å². The first-order valence-corrected chi connectivity index (χ1v) is 8.12. The number of unbranched alkanes of at least 4 members (excludes halogenated alkanes) is 1. The quantitative estimate of drug-likeness (QED) is 0.596. The molecular formula is C13H15IN2O3S. The third-order valence-corrected chi connectivity index (χ3v) is 4.89. The average molecular weight is 406 g/mol. The Morgan fingerprint density at radius 1 is 1.50 bits per heavy atom. The third-order valence-electron chi connectivity index (χ3n) is 2.62. The van der Waals surface area contributed by atoms with Gasteiger partial charge in [-0.2, -0.15) is 0 Å². The van der Waals surface area contributed by atoms with Crippen molar-refractivity contribution in [3.05, 3.63) is 15.7 Å². The first kappa shape index (κ1) is 15.3. The molecule has 1 aromatic heterocycles. The van der Waals surface area contributed by atoms with Crippen LogP contribution in [0.15, 0.2) is 12.1 Å². The molecule has 0 saturated carbocycles. The summed E-state index contributed by atoms with van der Waals surface area (Å²) >= 11 is 3.65. The molecule has 2 rings (SSSR count). The molecule has 0 aliphatic rings. The highest BCUT2D eigenvalue weighted by molar-refractivity contribution is 14.1. The Kier molecular flexibility index (Phi) is 5.41.